The first kappa shape index (κ1) is 15.0. The van der Waals surface area contributed by atoms with Crippen LogP contribution in [0.5, 0.6) is 11.5 Å². The Kier molecular flexibility index (Phi) is 4.52. The number of anilines is 1. The molecule has 0 bridgehead atoms. The van der Waals surface area contributed by atoms with Crippen molar-refractivity contribution in [2.75, 3.05) is 20.0 Å². The number of aryl methyl sites for hydroxylation is 1. The number of nitrogens with two attached hydrogens (primary N) is 1. The Morgan fingerprint density at radius 1 is 1.33 bits per heavy atom. The average Bonchev–Trinajstić information content (AvgIpc) is 2.83. The summed E-state index contributed by atoms with van der Waals surface area (Å²) in [6.07, 6.45) is 2.61. The van der Waals surface area contributed by atoms with E-state index in [-0.39, 0.29) is 0 Å². The molecule has 0 radical (unpaired) electrons. The molecular weight excluding hydrogens is 266 g/mol. The number of hydrogen-bond acceptors (Lipinski definition) is 4. The van der Waals surface area contributed by atoms with Crippen LogP contribution in [0.25, 0.3) is 11.3 Å². The molecule has 0 spiro atoms. The number of aromatic nitrogens is 2. The maximum Gasteiger partial charge on any atom is 0.132 e. The molecule has 21 heavy (non-hydrogen) atoms. The van der Waals surface area contributed by atoms with Gasteiger partial charge >= 0.3 is 0 Å². The standard InChI is InChI=1S/C16H21N3O2/c1-5-9-19-14(6-2)18-15(16(19)17)12-10-11(20-3)7-8-13(12)21-4/h5,7-8,10H,1,6,9,17H2,2-4H3. The molecule has 0 fully saturated rings. The number of methoxy groups -OCH3 is 2. The Labute approximate surface area is 125 Å². The second kappa shape index (κ2) is 6.35. The molecule has 0 unspecified atom stereocenters. The minimum Gasteiger partial charge on any atom is -0.497 e. The lowest BCUT2D eigenvalue weighted by atomic mass is 10.1. The number of nitrogen functional groups attached to an aromatic ring is 1. The van der Waals surface area contributed by atoms with E-state index in [0.717, 1.165) is 23.6 Å². The molecule has 0 amide bonds. The largest absolute Gasteiger partial charge is 0.497 e. The van der Waals surface area contributed by atoms with Gasteiger partial charge in [-0.05, 0) is 18.2 Å². The van der Waals surface area contributed by atoms with Crippen LogP contribution in [0.3, 0.4) is 0 Å². The summed E-state index contributed by atoms with van der Waals surface area (Å²) >= 11 is 0. The van der Waals surface area contributed by atoms with Gasteiger partial charge in [0.05, 0.1) is 14.2 Å². The van der Waals surface area contributed by atoms with Crippen molar-refractivity contribution in [1.82, 2.24) is 9.55 Å². The molecule has 0 saturated carbocycles. The molecule has 0 aliphatic heterocycles. The Balaban J connectivity index is 2.63. The third-order valence-corrected chi connectivity index (χ3v) is 3.38. The van der Waals surface area contributed by atoms with E-state index in [2.05, 4.69) is 11.6 Å². The normalized spacial score (nSPS) is 10.4. The van der Waals surface area contributed by atoms with Crippen molar-refractivity contribution in [2.45, 2.75) is 19.9 Å². The van der Waals surface area contributed by atoms with Gasteiger partial charge in [0.15, 0.2) is 0 Å². The van der Waals surface area contributed by atoms with Crippen molar-refractivity contribution in [1.29, 1.82) is 0 Å². The molecule has 0 atom stereocenters. The quantitative estimate of drug-likeness (QED) is 0.830. The van der Waals surface area contributed by atoms with Gasteiger partial charge in [0, 0.05) is 18.5 Å². The highest BCUT2D eigenvalue weighted by molar-refractivity contribution is 5.77. The number of imidazole rings is 1. The predicted octanol–water partition coefficient (Wildman–Crippen LogP) is 2.90. The summed E-state index contributed by atoms with van der Waals surface area (Å²) in [5.41, 5.74) is 7.81. The monoisotopic (exact) mass is 287 g/mol. The first-order valence-corrected chi connectivity index (χ1v) is 6.84. The first-order chi connectivity index (χ1) is 10.2. The molecule has 2 rings (SSSR count). The fraction of sp³-hybridized carbons (Fsp3) is 0.312. The van der Waals surface area contributed by atoms with Gasteiger partial charge in [-0.25, -0.2) is 4.98 Å². The number of allylic oxidation sites excluding steroid dienone is 1. The molecule has 1 aromatic heterocycles. The van der Waals surface area contributed by atoms with E-state index in [0.29, 0.717) is 23.8 Å². The summed E-state index contributed by atoms with van der Waals surface area (Å²) in [7, 11) is 3.26. The molecule has 0 aliphatic carbocycles. The van der Waals surface area contributed by atoms with Crippen molar-refractivity contribution >= 4 is 5.82 Å². The Bertz CT molecular complexity index is 647. The fourth-order valence-corrected chi connectivity index (χ4v) is 2.31. The Morgan fingerprint density at radius 3 is 2.67 bits per heavy atom. The summed E-state index contributed by atoms with van der Waals surface area (Å²) in [6.45, 7) is 6.45. The second-order valence-electron chi connectivity index (χ2n) is 4.58. The van der Waals surface area contributed by atoms with Gasteiger partial charge in [-0.15, -0.1) is 6.58 Å². The van der Waals surface area contributed by atoms with Gasteiger partial charge in [-0.3, -0.25) is 0 Å². The molecular formula is C16H21N3O2. The zero-order chi connectivity index (χ0) is 15.4. The van der Waals surface area contributed by atoms with Crippen LogP contribution < -0.4 is 15.2 Å². The van der Waals surface area contributed by atoms with E-state index in [1.54, 1.807) is 14.2 Å². The number of rotatable bonds is 6. The van der Waals surface area contributed by atoms with E-state index in [1.807, 2.05) is 35.8 Å². The van der Waals surface area contributed by atoms with Gasteiger partial charge in [0.1, 0.15) is 28.8 Å². The third kappa shape index (κ3) is 2.72. The smallest absolute Gasteiger partial charge is 0.132 e. The number of ether oxygens (including phenoxy) is 2. The van der Waals surface area contributed by atoms with E-state index in [1.165, 1.54) is 0 Å². The van der Waals surface area contributed by atoms with Crippen LogP contribution in [0.15, 0.2) is 30.9 Å². The van der Waals surface area contributed by atoms with Crippen LogP contribution in [0, 0.1) is 0 Å². The summed E-state index contributed by atoms with van der Waals surface area (Å²) < 4.78 is 12.7. The van der Waals surface area contributed by atoms with Crippen LogP contribution in [0.4, 0.5) is 5.82 Å². The zero-order valence-corrected chi connectivity index (χ0v) is 12.7. The lowest BCUT2D eigenvalue weighted by Crippen LogP contribution is -2.05. The molecule has 1 heterocycles. The topological polar surface area (TPSA) is 62.3 Å². The maximum absolute atomic E-state index is 6.27. The van der Waals surface area contributed by atoms with Gasteiger partial charge in [-0.2, -0.15) is 0 Å². The highest BCUT2D eigenvalue weighted by Crippen LogP contribution is 2.36. The average molecular weight is 287 g/mol. The summed E-state index contributed by atoms with van der Waals surface area (Å²) in [5, 5.41) is 0. The van der Waals surface area contributed by atoms with Crippen molar-refractivity contribution in [3.05, 3.63) is 36.7 Å². The molecule has 5 nitrogen and oxygen atoms in total. The summed E-state index contributed by atoms with van der Waals surface area (Å²) in [6, 6.07) is 5.58. The van der Waals surface area contributed by atoms with E-state index < -0.39 is 0 Å². The van der Waals surface area contributed by atoms with Gasteiger partial charge in [0.25, 0.3) is 0 Å². The van der Waals surface area contributed by atoms with E-state index in [4.69, 9.17) is 15.2 Å². The fourth-order valence-electron chi connectivity index (χ4n) is 2.31. The van der Waals surface area contributed by atoms with Crippen molar-refractivity contribution in [3.63, 3.8) is 0 Å². The number of benzene rings is 1. The Morgan fingerprint density at radius 2 is 2.10 bits per heavy atom. The third-order valence-electron chi connectivity index (χ3n) is 3.38. The van der Waals surface area contributed by atoms with Crippen LogP contribution in [-0.2, 0) is 13.0 Å². The molecule has 2 aromatic rings. The molecule has 112 valence electrons. The minimum absolute atomic E-state index is 0.610. The number of hydrogen-bond donors (Lipinski definition) is 1. The minimum atomic E-state index is 0.610. The molecule has 5 heteroatoms. The number of nitrogens with zero attached hydrogens (tertiary/aromatic N) is 2. The van der Waals surface area contributed by atoms with Crippen LogP contribution in [0.1, 0.15) is 12.7 Å². The maximum atomic E-state index is 6.27. The molecule has 0 saturated heterocycles. The van der Waals surface area contributed by atoms with Crippen LogP contribution >= 0.6 is 0 Å². The van der Waals surface area contributed by atoms with Crippen molar-refractivity contribution in [2.24, 2.45) is 0 Å². The van der Waals surface area contributed by atoms with Crippen LogP contribution in [-0.4, -0.2) is 23.8 Å². The Hall–Kier alpha value is -2.43. The summed E-state index contributed by atoms with van der Waals surface area (Å²) in [5.74, 6) is 2.99. The van der Waals surface area contributed by atoms with Gasteiger partial charge < -0.3 is 19.8 Å². The van der Waals surface area contributed by atoms with Gasteiger partial charge in [-0.1, -0.05) is 13.0 Å². The molecule has 0 aliphatic rings. The molecule has 2 N–H and O–H groups in total. The highest BCUT2D eigenvalue weighted by Gasteiger charge is 2.18. The molecule has 1 aromatic carbocycles. The van der Waals surface area contributed by atoms with Crippen molar-refractivity contribution in [3.8, 4) is 22.8 Å². The zero-order valence-electron chi connectivity index (χ0n) is 12.7. The SMILES string of the molecule is C=CCn1c(CC)nc(-c2cc(OC)ccc2OC)c1N. The second-order valence-corrected chi connectivity index (χ2v) is 4.58. The lowest BCUT2D eigenvalue weighted by molar-refractivity contribution is 0.404. The van der Waals surface area contributed by atoms with Gasteiger partial charge in [0.2, 0.25) is 0 Å². The highest BCUT2D eigenvalue weighted by atomic mass is 16.5. The lowest BCUT2D eigenvalue weighted by Gasteiger charge is -2.10. The first-order valence-electron chi connectivity index (χ1n) is 6.84. The van der Waals surface area contributed by atoms with E-state index >= 15 is 0 Å². The summed E-state index contributed by atoms with van der Waals surface area (Å²) in [4.78, 5) is 4.66. The van der Waals surface area contributed by atoms with Crippen LogP contribution in [0.2, 0.25) is 0 Å². The van der Waals surface area contributed by atoms with E-state index in [9.17, 15) is 0 Å². The van der Waals surface area contributed by atoms with Crippen molar-refractivity contribution < 1.29 is 9.47 Å². The predicted molar refractivity (Wildman–Crippen MR) is 84.8 cm³/mol.